The highest BCUT2D eigenvalue weighted by atomic mass is 127. The molecule has 3 rings (SSSR count). The largest absolute Gasteiger partial charge is 0.416 e. The van der Waals surface area contributed by atoms with Crippen LogP contribution >= 0.6 is 24.0 Å². The van der Waals surface area contributed by atoms with Crippen LogP contribution in [0, 0.1) is 0 Å². The number of hydrogen-bond donors (Lipinski definition) is 2. The maximum absolute atomic E-state index is 13.1. The summed E-state index contributed by atoms with van der Waals surface area (Å²) in [5.74, 6) is 0.610. The van der Waals surface area contributed by atoms with Crippen molar-refractivity contribution in [3.63, 3.8) is 0 Å². The Kier molecular flexibility index (Phi) is 7.73. The third-order valence-electron chi connectivity index (χ3n) is 4.94. The number of halogens is 4. The first kappa shape index (κ1) is 22.5. The van der Waals surface area contributed by atoms with Crippen molar-refractivity contribution in [2.24, 2.45) is 4.99 Å². The first-order valence-corrected chi connectivity index (χ1v) is 9.02. The first-order valence-electron chi connectivity index (χ1n) is 9.02. The summed E-state index contributed by atoms with van der Waals surface area (Å²) in [6.07, 6.45) is -0.136. The summed E-state index contributed by atoms with van der Waals surface area (Å²) in [6.45, 7) is 3.53. The Bertz CT molecular complexity index is 774. The van der Waals surface area contributed by atoms with Gasteiger partial charge in [0, 0.05) is 24.6 Å². The van der Waals surface area contributed by atoms with Crippen molar-refractivity contribution in [2.45, 2.75) is 44.3 Å². The van der Waals surface area contributed by atoms with Crippen molar-refractivity contribution in [3.05, 3.63) is 53.4 Å². The van der Waals surface area contributed by atoms with E-state index in [2.05, 4.69) is 20.8 Å². The number of nitrogens with one attached hydrogen (secondary N) is 2. The molecule has 154 valence electrons. The van der Waals surface area contributed by atoms with E-state index in [1.807, 2.05) is 6.92 Å². The molecule has 1 aliphatic carbocycles. The molecule has 0 spiro atoms. The van der Waals surface area contributed by atoms with Gasteiger partial charge in [0.05, 0.1) is 12.1 Å². The van der Waals surface area contributed by atoms with Crippen molar-refractivity contribution >= 4 is 29.9 Å². The van der Waals surface area contributed by atoms with Gasteiger partial charge in [-0.3, -0.25) is 0 Å². The lowest BCUT2D eigenvalue weighted by Crippen LogP contribution is -2.49. The number of rotatable bonds is 6. The van der Waals surface area contributed by atoms with Crippen LogP contribution in [0.15, 0.2) is 46.1 Å². The van der Waals surface area contributed by atoms with Crippen LogP contribution in [0.2, 0.25) is 0 Å². The third kappa shape index (κ3) is 5.39. The molecule has 1 aromatic heterocycles. The quantitative estimate of drug-likeness (QED) is 0.343. The molecule has 1 aromatic carbocycles. The van der Waals surface area contributed by atoms with Gasteiger partial charge in [0.15, 0.2) is 5.96 Å². The minimum Gasteiger partial charge on any atom is -0.364 e. The Labute approximate surface area is 179 Å². The molecule has 0 atom stereocenters. The second-order valence-electron chi connectivity index (χ2n) is 6.75. The third-order valence-corrected chi connectivity index (χ3v) is 4.94. The highest BCUT2D eigenvalue weighted by molar-refractivity contribution is 14.0. The zero-order valence-corrected chi connectivity index (χ0v) is 17.9. The summed E-state index contributed by atoms with van der Waals surface area (Å²) in [5.41, 5.74) is 0.537. The van der Waals surface area contributed by atoms with E-state index < -0.39 is 11.7 Å². The zero-order valence-electron chi connectivity index (χ0n) is 15.6. The monoisotopic (exact) mass is 508 g/mol. The minimum absolute atomic E-state index is 0. The maximum Gasteiger partial charge on any atom is 0.416 e. The molecule has 1 saturated carbocycles. The standard InChI is InChI=1S/C19H23F3N4O.HI/c1-2-23-17(24-12-16-7-10-27-26-16)25-13-18(8-4-9-18)14-5-3-6-15(11-14)19(20,21)22;/h3,5-7,10-11H,2,4,8-9,12-13H2,1H3,(H2,23,24,25);1H. The second kappa shape index (κ2) is 9.62. The number of hydrogen-bond acceptors (Lipinski definition) is 3. The Balaban J connectivity index is 0.00000280. The summed E-state index contributed by atoms with van der Waals surface area (Å²) in [4.78, 5) is 4.46. The molecular weight excluding hydrogens is 484 g/mol. The van der Waals surface area contributed by atoms with Gasteiger partial charge in [0.25, 0.3) is 0 Å². The number of alkyl halides is 3. The van der Waals surface area contributed by atoms with Gasteiger partial charge in [-0.25, -0.2) is 4.99 Å². The Morgan fingerprint density at radius 2 is 2.04 bits per heavy atom. The van der Waals surface area contributed by atoms with E-state index in [9.17, 15) is 13.2 Å². The van der Waals surface area contributed by atoms with E-state index in [4.69, 9.17) is 4.52 Å². The van der Waals surface area contributed by atoms with Crippen molar-refractivity contribution in [3.8, 4) is 0 Å². The molecule has 9 heteroatoms. The van der Waals surface area contributed by atoms with Gasteiger partial charge in [-0.1, -0.05) is 29.8 Å². The molecule has 0 saturated heterocycles. The summed E-state index contributed by atoms with van der Waals surface area (Å²) in [7, 11) is 0. The van der Waals surface area contributed by atoms with Crippen molar-refractivity contribution in [1.29, 1.82) is 0 Å². The van der Waals surface area contributed by atoms with Crippen LogP contribution < -0.4 is 10.6 Å². The SMILES string of the molecule is CCNC(=NCc1ccon1)NCC1(c2cccc(C(F)(F)F)c2)CCC1.I. The average Bonchev–Trinajstić information content (AvgIpc) is 3.11. The lowest BCUT2D eigenvalue weighted by molar-refractivity contribution is -0.137. The number of benzene rings is 1. The fourth-order valence-corrected chi connectivity index (χ4v) is 3.27. The molecule has 2 N–H and O–H groups in total. The molecule has 1 heterocycles. The molecule has 0 unspecified atom stereocenters. The van der Waals surface area contributed by atoms with E-state index in [0.717, 1.165) is 30.9 Å². The van der Waals surface area contributed by atoms with E-state index >= 15 is 0 Å². The molecule has 1 fully saturated rings. The van der Waals surface area contributed by atoms with Gasteiger partial charge in [-0.15, -0.1) is 24.0 Å². The van der Waals surface area contributed by atoms with Crippen LogP contribution in [0.4, 0.5) is 13.2 Å². The summed E-state index contributed by atoms with van der Waals surface area (Å²) in [6, 6.07) is 7.41. The summed E-state index contributed by atoms with van der Waals surface area (Å²) in [5, 5.41) is 10.3. The van der Waals surface area contributed by atoms with E-state index in [1.165, 1.54) is 18.4 Å². The molecule has 5 nitrogen and oxygen atoms in total. The van der Waals surface area contributed by atoms with Crippen LogP contribution in [-0.4, -0.2) is 24.2 Å². The summed E-state index contributed by atoms with van der Waals surface area (Å²) >= 11 is 0. The number of guanidine groups is 1. The predicted octanol–water partition coefficient (Wildman–Crippen LogP) is 4.49. The van der Waals surface area contributed by atoms with Gasteiger partial charge in [0.1, 0.15) is 12.0 Å². The topological polar surface area (TPSA) is 62.5 Å². The second-order valence-corrected chi connectivity index (χ2v) is 6.75. The fourth-order valence-electron chi connectivity index (χ4n) is 3.27. The average molecular weight is 508 g/mol. The molecule has 0 amide bonds. The van der Waals surface area contributed by atoms with Crippen LogP contribution in [0.5, 0.6) is 0 Å². The molecule has 0 bridgehead atoms. The fraction of sp³-hybridized carbons (Fsp3) is 0.474. The first-order chi connectivity index (χ1) is 12.9. The van der Waals surface area contributed by atoms with Gasteiger partial charge in [-0.05, 0) is 31.4 Å². The number of nitrogens with zero attached hydrogens (tertiary/aromatic N) is 2. The van der Waals surface area contributed by atoms with E-state index in [0.29, 0.717) is 31.3 Å². The summed E-state index contributed by atoms with van der Waals surface area (Å²) < 4.78 is 44.0. The van der Waals surface area contributed by atoms with Gasteiger partial charge in [0.2, 0.25) is 0 Å². The van der Waals surface area contributed by atoms with Crippen LogP contribution in [0.3, 0.4) is 0 Å². The lowest BCUT2D eigenvalue weighted by atomic mass is 9.64. The Morgan fingerprint density at radius 1 is 1.25 bits per heavy atom. The van der Waals surface area contributed by atoms with Crippen LogP contribution in [-0.2, 0) is 18.1 Å². The lowest BCUT2D eigenvalue weighted by Gasteiger charge is -2.43. The van der Waals surface area contributed by atoms with Gasteiger partial charge >= 0.3 is 6.18 Å². The highest BCUT2D eigenvalue weighted by Crippen LogP contribution is 2.44. The smallest absolute Gasteiger partial charge is 0.364 e. The van der Waals surface area contributed by atoms with Crippen molar-refractivity contribution in [2.75, 3.05) is 13.1 Å². The molecule has 2 aromatic rings. The molecule has 0 radical (unpaired) electrons. The molecular formula is C19H24F3IN4O. The van der Waals surface area contributed by atoms with Crippen molar-refractivity contribution < 1.29 is 17.7 Å². The maximum atomic E-state index is 13.1. The van der Waals surface area contributed by atoms with Crippen LogP contribution in [0.25, 0.3) is 0 Å². The molecule has 0 aliphatic heterocycles. The zero-order chi connectivity index (χ0) is 19.3. The van der Waals surface area contributed by atoms with E-state index in [1.54, 1.807) is 12.1 Å². The van der Waals surface area contributed by atoms with Crippen LogP contribution in [0.1, 0.15) is 43.0 Å². The number of aliphatic imine (C=N–C) groups is 1. The highest BCUT2D eigenvalue weighted by Gasteiger charge is 2.40. The number of aromatic nitrogens is 1. The minimum atomic E-state index is -4.33. The van der Waals surface area contributed by atoms with Crippen molar-refractivity contribution in [1.82, 2.24) is 15.8 Å². The predicted molar refractivity (Wildman–Crippen MR) is 112 cm³/mol. The van der Waals surface area contributed by atoms with Gasteiger partial charge in [-0.2, -0.15) is 13.2 Å². The Hall–Kier alpha value is -1.78. The Morgan fingerprint density at radius 3 is 2.61 bits per heavy atom. The van der Waals surface area contributed by atoms with Gasteiger partial charge < -0.3 is 15.2 Å². The molecule has 1 aliphatic rings. The normalized spacial score (nSPS) is 16.1. The van der Waals surface area contributed by atoms with E-state index in [-0.39, 0.29) is 29.4 Å². The molecule has 28 heavy (non-hydrogen) atoms.